The average molecular weight is 306 g/mol. The van der Waals surface area contributed by atoms with Crippen LogP contribution in [0, 0.1) is 0 Å². The molecular formula is C15H16ClN3O2. The minimum absolute atomic E-state index is 0.00202. The summed E-state index contributed by atoms with van der Waals surface area (Å²) in [6.45, 7) is 2.22. The van der Waals surface area contributed by atoms with Crippen molar-refractivity contribution in [1.82, 2.24) is 15.2 Å². The first-order valence-electron chi connectivity index (χ1n) is 6.62. The zero-order valence-corrected chi connectivity index (χ0v) is 12.6. The van der Waals surface area contributed by atoms with Crippen LogP contribution in [-0.2, 0) is 4.79 Å². The van der Waals surface area contributed by atoms with Gasteiger partial charge in [-0.3, -0.25) is 9.59 Å². The van der Waals surface area contributed by atoms with E-state index in [2.05, 4.69) is 10.3 Å². The Morgan fingerprint density at radius 3 is 2.71 bits per heavy atom. The first-order valence-corrected chi connectivity index (χ1v) is 6.99. The van der Waals surface area contributed by atoms with E-state index in [1.54, 1.807) is 12.1 Å². The number of benzene rings is 1. The molecule has 0 radical (unpaired) electrons. The van der Waals surface area contributed by atoms with Crippen LogP contribution in [-0.4, -0.2) is 41.8 Å². The van der Waals surface area contributed by atoms with Gasteiger partial charge in [0, 0.05) is 19.0 Å². The van der Waals surface area contributed by atoms with Gasteiger partial charge in [-0.05, 0) is 19.1 Å². The molecule has 1 aromatic carbocycles. The molecular weight excluding hydrogens is 290 g/mol. The number of aromatic nitrogens is 1. The molecule has 1 N–H and O–H groups in total. The lowest BCUT2D eigenvalue weighted by Crippen LogP contribution is -2.39. The van der Waals surface area contributed by atoms with Crippen LogP contribution in [0.5, 0.6) is 0 Å². The van der Waals surface area contributed by atoms with Gasteiger partial charge in [-0.15, -0.1) is 0 Å². The summed E-state index contributed by atoms with van der Waals surface area (Å²) in [5.41, 5.74) is 0.897. The van der Waals surface area contributed by atoms with Crippen LogP contribution < -0.4 is 5.32 Å². The largest absolute Gasteiger partial charge is 0.358 e. The van der Waals surface area contributed by atoms with Crippen molar-refractivity contribution in [2.45, 2.75) is 6.92 Å². The molecule has 2 aromatic rings. The van der Waals surface area contributed by atoms with Gasteiger partial charge in [-0.25, -0.2) is 4.98 Å². The van der Waals surface area contributed by atoms with Gasteiger partial charge in [0.2, 0.25) is 5.91 Å². The van der Waals surface area contributed by atoms with Gasteiger partial charge in [-0.2, -0.15) is 0 Å². The third-order valence-corrected chi connectivity index (χ3v) is 3.48. The molecule has 0 aliphatic rings. The minimum atomic E-state index is -0.311. The van der Waals surface area contributed by atoms with Crippen molar-refractivity contribution in [3.63, 3.8) is 0 Å². The fraction of sp³-hybridized carbons (Fsp3) is 0.267. The number of likely N-dealkylation sites (N-methyl/N-ethyl adjacent to an activating group) is 2. The topological polar surface area (TPSA) is 62.3 Å². The van der Waals surface area contributed by atoms with E-state index in [1.165, 1.54) is 11.9 Å². The maximum atomic E-state index is 12.4. The molecule has 0 bridgehead atoms. The fourth-order valence-corrected chi connectivity index (χ4v) is 2.25. The summed E-state index contributed by atoms with van der Waals surface area (Å²) in [4.78, 5) is 29.6. The summed E-state index contributed by atoms with van der Waals surface area (Å²) < 4.78 is 0. The van der Waals surface area contributed by atoms with Gasteiger partial charge in [0.05, 0.1) is 17.1 Å². The van der Waals surface area contributed by atoms with Crippen LogP contribution >= 0.6 is 11.6 Å². The molecule has 21 heavy (non-hydrogen) atoms. The third kappa shape index (κ3) is 3.31. The van der Waals surface area contributed by atoms with Crippen LogP contribution in [0.2, 0.25) is 5.02 Å². The van der Waals surface area contributed by atoms with Crippen molar-refractivity contribution in [2.75, 3.05) is 20.1 Å². The van der Waals surface area contributed by atoms with Gasteiger partial charge in [0.25, 0.3) is 5.91 Å². The Kier molecular flexibility index (Phi) is 4.75. The van der Waals surface area contributed by atoms with E-state index in [-0.39, 0.29) is 24.1 Å². The van der Waals surface area contributed by atoms with Crippen molar-refractivity contribution in [1.29, 1.82) is 0 Å². The summed E-state index contributed by atoms with van der Waals surface area (Å²) >= 11 is 6.20. The van der Waals surface area contributed by atoms with Crippen LogP contribution in [0.15, 0.2) is 30.3 Å². The molecule has 0 saturated carbocycles. The highest BCUT2D eigenvalue weighted by molar-refractivity contribution is 6.35. The Hall–Kier alpha value is -2.14. The second kappa shape index (κ2) is 6.54. The lowest BCUT2D eigenvalue weighted by atomic mass is 10.2. The predicted molar refractivity (Wildman–Crippen MR) is 82.4 cm³/mol. The molecule has 1 heterocycles. The van der Waals surface area contributed by atoms with E-state index < -0.39 is 0 Å². The molecule has 0 atom stereocenters. The lowest BCUT2D eigenvalue weighted by Gasteiger charge is -2.19. The second-order valence-electron chi connectivity index (χ2n) is 4.50. The summed E-state index contributed by atoms with van der Waals surface area (Å²) in [6.07, 6.45) is 0. The van der Waals surface area contributed by atoms with Gasteiger partial charge in [-0.1, -0.05) is 29.8 Å². The molecule has 0 aliphatic heterocycles. The van der Waals surface area contributed by atoms with Crippen LogP contribution in [0.1, 0.15) is 17.4 Å². The number of carbonyl (C=O) groups is 2. The van der Waals surface area contributed by atoms with E-state index in [0.717, 1.165) is 5.39 Å². The van der Waals surface area contributed by atoms with Gasteiger partial charge < -0.3 is 10.2 Å². The van der Waals surface area contributed by atoms with Crippen LogP contribution in [0.4, 0.5) is 0 Å². The van der Waals surface area contributed by atoms with Crippen LogP contribution in [0.3, 0.4) is 0 Å². The third-order valence-electron chi connectivity index (χ3n) is 3.17. The molecule has 0 aliphatic carbocycles. The van der Waals surface area contributed by atoms with E-state index in [4.69, 9.17) is 11.6 Å². The number of nitrogens with zero attached hydrogens (tertiary/aromatic N) is 2. The van der Waals surface area contributed by atoms with E-state index in [0.29, 0.717) is 17.1 Å². The molecule has 110 valence electrons. The Morgan fingerprint density at radius 1 is 1.33 bits per heavy atom. The average Bonchev–Trinajstić information content (AvgIpc) is 2.51. The molecule has 6 heteroatoms. The summed E-state index contributed by atoms with van der Waals surface area (Å²) in [5, 5.41) is 3.77. The monoisotopic (exact) mass is 305 g/mol. The normalized spacial score (nSPS) is 10.4. The number of para-hydroxylation sites is 1. The molecule has 0 fully saturated rings. The van der Waals surface area contributed by atoms with Crippen molar-refractivity contribution in [3.05, 3.63) is 41.0 Å². The van der Waals surface area contributed by atoms with Gasteiger partial charge in [0.1, 0.15) is 5.69 Å². The Balaban J connectivity index is 2.36. The van der Waals surface area contributed by atoms with E-state index >= 15 is 0 Å². The molecule has 5 nitrogen and oxygen atoms in total. The molecule has 1 aromatic heterocycles. The van der Waals surface area contributed by atoms with Crippen molar-refractivity contribution in [3.8, 4) is 0 Å². The Bertz CT molecular complexity index is 688. The Morgan fingerprint density at radius 2 is 2.05 bits per heavy atom. The van der Waals surface area contributed by atoms with Crippen molar-refractivity contribution in [2.24, 2.45) is 0 Å². The van der Waals surface area contributed by atoms with E-state index in [1.807, 2.05) is 25.1 Å². The first kappa shape index (κ1) is 15.3. The lowest BCUT2D eigenvalue weighted by molar-refractivity contribution is -0.121. The number of nitrogens with one attached hydrogen (secondary N) is 1. The number of carbonyl (C=O) groups excluding carboxylic acids is 2. The highest BCUT2D eigenvalue weighted by Gasteiger charge is 2.19. The number of hydrogen-bond acceptors (Lipinski definition) is 3. The first-order chi connectivity index (χ1) is 10.1. The molecule has 2 amide bonds. The van der Waals surface area contributed by atoms with Gasteiger partial charge in [0.15, 0.2) is 0 Å². The number of amides is 2. The summed E-state index contributed by atoms with van der Waals surface area (Å²) in [7, 11) is 1.53. The quantitative estimate of drug-likeness (QED) is 0.941. The highest BCUT2D eigenvalue weighted by Crippen LogP contribution is 2.23. The number of fused-ring (bicyclic) bond motifs is 1. The Labute approximate surface area is 127 Å². The predicted octanol–water partition coefficient (Wildman–Crippen LogP) is 2.10. The fourth-order valence-electron chi connectivity index (χ4n) is 1.98. The van der Waals surface area contributed by atoms with Crippen molar-refractivity contribution >= 4 is 34.3 Å². The molecule has 0 spiro atoms. The van der Waals surface area contributed by atoms with Gasteiger partial charge >= 0.3 is 0 Å². The SMILES string of the molecule is CCN(CC(=O)NC)C(=O)c1cc(Cl)c2ccccc2n1. The van der Waals surface area contributed by atoms with E-state index in [9.17, 15) is 9.59 Å². The molecule has 2 rings (SSSR count). The number of pyridine rings is 1. The number of rotatable bonds is 4. The maximum absolute atomic E-state index is 12.4. The van der Waals surface area contributed by atoms with Crippen molar-refractivity contribution < 1.29 is 9.59 Å². The zero-order valence-electron chi connectivity index (χ0n) is 11.9. The number of halogens is 1. The second-order valence-corrected chi connectivity index (χ2v) is 4.91. The van der Waals surface area contributed by atoms with Crippen LogP contribution in [0.25, 0.3) is 10.9 Å². The zero-order chi connectivity index (χ0) is 15.4. The molecule has 0 unspecified atom stereocenters. The smallest absolute Gasteiger partial charge is 0.272 e. The molecule has 0 saturated heterocycles. The standard InChI is InChI=1S/C15H16ClN3O2/c1-3-19(9-14(20)17-2)15(21)13-8-11(16)10-6-4-5-7-12(10)18-13/h4-8H,3,9H2,1-2H3,(H,17,20). The number of hydrogen-bond donors (Lipinski definition) is 1. The highest BCUT2D eigenvalue weighted by atomic mass is 35.5. The summed E-state index contributed by atoms with van der Waals surface area (Å²) in [6, 6.07) is 8.89. The maximum Gasteiger partial charge on any atom is 0.272 e. The summed E-state index contributed by atoms with van der Waals surface area (Å²) in [5.74, 6) is -0.536. The minimum Gasteiger partial charge on any atom is -0.358 e.